The zero-order chi connectivity index (χ0) is 22.5. The number of ether oxygens (including phenoxy) is 1. The lowest BCUT2D eigenvalue weighted by Gasteiger charge is -2.31. The van der Waals surface area contributed by atoms with Crippen molar-refractivity contribution in [2.24, 2.45) is 0 Å². The molecule has 0 radical (unpaired) electrons. The van der Waals surface area contributed by atoms with Crippen molar-refractivity contribution in [3.05, 3.63) is 63.6 Å². The smallest absolute Gasteiger partial charge is 0.261 e. The van der Waals surface area contributed by atoms with Gasteiger partial charge in [-0.15, -0.1) is 0 Å². The average Bonchev–Trinajstić information content (AvgIpc) is 2.66. The minimum absolute atomic E-state index is 0.195. The molecule has 30 heavy (non-hydrogen) atoms. The molecule has 5 nitrogen and oxygen atoms in total. The maximum Gasteiger partial charge on any atom is 0.261 e. The van der Waals surface area contributed by atoms with Crippen LogP contribution in [-0.4, -0.2) is 34.9 Å². The van der Waals surface area contributed by atoms with E-state index in [4.69, 9.17) is 27.9 Å². The third-order valence-corrected chi connectivity index (χ3v) is 5.25. The van der Waals surface area contributed by atoms with E-state index in [1.54, 1.807) is 31.2 Å². The minimum Gasteiger partial charge on any atom is -0.484 e. The number of carbonyl (C=O) groups is 2. The maximum absolute atomic E-state index is 13.0. The fourth-order valence-corrected chi connectivity index (χ4v) is 3.11. The summed E-state index contributed by atoms with van der Waals surface area (Å²) in [7, 11) is 0. The first kappa shape index (κ1) is 24.0. The van der Waals surface area contributed by atoms with Crippen LogP contribution in [0.5, 0.6) is 5.75 Å². The Balaban J connectivity index is 2.20. The first-order valence-electron chi connectivity index (χ1n) is 9.72. The fourth-order valence-electron chi connectivity index (χ4n) is 2.80. The Labute approximate surface area is 188 Å². The van der Waals surface area contributed by atoms with Crippen LogP contribution in [0, 0.1) is 6.92 Å². The highest BCUT2D eigenvalue weighted by molar-refractivity contribution is 6.31. The summed E-state index contributed by atoms with van der Waals surface area (Å²) in [6.07, 6.45) is 0. The van der Waals surface area contributed by atoms with Crippen LogP contribution in [0.1, 0.15) is 38.8 Å². The summed E-state index contributed by atoms with van der Waals surface area (Å²) in [6, 6.07) is 11.7. The number of hydrogen-bond acceptors (Lipinski definition) is 3. The van der Waals surface area contributed by atoms with E-state index in [-0.39, 0.29) is 25.0 Å². The molecule has 1 atom stereocenters. The van der Waals surface area contributed by atoms with E-state index in [2.05, 4.69) is 5.32 Å². The van der Waals surface area contributed by atoms with E-state index < -0.39 is 11.6 Å². The molecule has 0 bridgehead atoms. The highest BCUT2D eigenvalue weighted by Gasteiger charge is 2.29. The van der Waals surface area contributed by atoms with Crippen LogP contribution < -0.4 is 10.1 Å². The first-order valence-corrected chi connectivity index (χ1v) is 10.5. The van der Waals surface area contributed by atoms with E-state index in [1.165, 1.54) is 4.90 Å². The second kappa shape index (κ2) is 10.2. The van der Waals surface area contributed by atoms with Crippen molar-refractivity contribution in [3.63, 3.8) is 0 Å². The largest absolute Gasteiger partial charge is 0.484 e. The topological polar surface area (TPSA) is 58.6 Å². The van der Waals surface area contributed by atoms with Crippen molar-refractivity contribution in [2.45, 2.75) is 52.7 Å². The lowest BCUT2D eigenvalue weighted by Crippen LogP contribution is -2.53. The molecule has 162 valence electrons. The van der Waals surface area contributed by atoms with E-state index in [1.807, 2.05) is 45.9 Å². The molecule has 1 N–H and O–H groups in total. The minimum atomic E-state index is -0.705. The second-order valence-corrected chi connectivity index (χ2v) is 9.04. The number of carbonyl (C=O) groups excluding carboxylic acids is 2. The molecule has 0 heterocycles. The predicted molar refractivity (Wildman–Crippen MR) is 121 cm³/mol. The highest BCUT2D eigenvalue weighted by atomic mass is 35.5. The number of rotatable bonds is 7. The molecule has 0 spiro atoms. The standard InChI is InChI=1S/C23H28Cl2N2O3/c1-15-12-18(10-11-19(15)24)30-14-21(28)27(13-17-8-6-7-9-20(17)25)16(2)22(29)26-23(3,4)5/h6-12,16H,13-14H2,1-5H3,(H,26,29). The molecule has 1 unspecified atom stereocenters. The van der Waals surface area contributed by atoms with Crippen molar-refractivity contribution >= 4 is 35.0 Å². The Morgan fingerprint density at radius 2 is 1.77 bits per heavy atom. The van der Waals surface area contributed by atoms with Crippen molar-refractivity contribution in [1.29, 1.82) is 0 Å². The Bertz CT molecular complexity index is 910. The molecular formula is C23H28Cl2N2O3. The molecule has 0 aliphatic carbocycles. The van der Waals surface area contributed by atoms with E-state index in [0.717, 1.165) is 11.1 Å². The summed E-state index contributed by atoms with van der Waals surface area (Å²) < 4.78 is 5.67. The maximum atomic E-state index is 13.0. The zero-order valence-corrected chi connectivity index (χ0v) is 19.5. The average molecular weight is 451 g/mol. The molecule has 2 amide bonds. The van der Waals surface area contributed by atoms with E-state index in [0.29, 0.717) is 15.8 Å². The van der Waals surface area contributed by atoms with Gasteiger partial charge in [0.15, 0.2) is 6.61 Å². The van der Waals surface area contributed by atoms with Gasteiger partial charge in [0, 0.05) is 22.1 Å². The zero-order valence-electron chi connectivity index (χ0n) is 18.0. The normalized spacial score (nSPS) is 12.2. The number of amides is 2. The summed E-state index contributed by atoms with van der Waals surface area (Å²) in [5.74, 6) is -0.0286. The molecule has 2 rings (SSSR count). The molecule has 2 aromatic carbocycles. The van der Waals surface area contributed by atoms with Crippen molar-refractivity contribution in [2.75, 3.05) is 6.61 Å². The van der Waals surface area contributed by atoms with Gasteiger partial charge in [-0.05, 0) is 70.0 Å². The van der Waals surface area contributed by atoms with Crippen molar-refractivity contribution < 1.29 is 14.3 Å². The molecule has 0 aliphatic rings. The van der Waals surface area contributed by atoms with Gasteiger partial charge in [-0.1, -0.05) is 41.4 Å². The number of nitrogens with zero attached hydrogens (tertiary/aromatic N) is 1. The number of halogens is 2. The molecule has 0 aromatic heterocycles. The van der Waals surface area contributed by atoms with Crippen molar-refractivity contribution in [3.8, 4) is 5.75 Å². The number of hydrogen-bond donors (Lipinski definition) is 1. The third-order valence-electron chi connectivity index (χ3n) is 4.46. The number of aryl methyl sites for hydroxylation is 1. The van der Waals surface area contributed by atoms with Crippen LogP contribution in [0.2, 0.25) is 10.0 Å². The first-order chi connectivity index (χ1) is 14.0. The van der Waals surface area contributed by atoms with E-state index >= 15 is 0 Å². The molecule has 0 saturated carbocycles. The van der Waals surface area contributed by atoms with Crippen molar-refractivity contribution in [1.82, 2.24) is 10.2 Å². The van der Waals surface area contributed by atoms with Gasteiger partial charge in [-0.3, -0.25) is 9.59 Å². The second-order valence-electron chi connectivity index (χ2n) is 8.23. The van der Waals surface area contributed by atoms with Gasteiger partial charge in [-0.25, -0.2) is 0 Å². The molecule has 7 heteroatoms. The summed E-state index contributed by atoms with van der Waals surface area (Å²) in [4.78, 5) is 27.3. The molecule has 2 aromatic rings. The highest BCUT2D eigenvalue weighted by Crippen LogP contribution is 2.22. The fraction of sp³-hybridized carbons (Fsp3) is 0.391. The Morgan fingerprint density at radius 1 is 1.10 bits per heavy atom. The molecule has 0 aliphatic heterocycles. The van der Waals surface area contributed by atoms with Gasteiger partial charge in [0.05, 0.1) is 0 Å². The SMILES string of the molecule is Cc1cc(OCC(=O)N(Cc2ccccc2Cl)C(C)C(=O)NC(C)(C)C)ccc1Cl. The van der Waals surface area contributed by atoms with Crippen LogP contribution in [-0.2, 0) is 16.1 Å². The van der Waals surface area contributed by atoms with Crippen LogP contribution in [0.4, 0.5) is 0 Å². The van der Waals surface area contributed by atoms with Gasteiger partial charge < -0.3 is 15.0 Å². The monoisotopic (exact) mass is 450 g/mol. The quantitative estimate of drug-likeness (QED) is 0.644. The Hall–Kier alpha value is -2.24. The van der Waals surface area contributed by atoms with Gasteiger partial charge >= 0.3 is 0 Å². The molecular weight excluding hydrogens is 423 g/mol. The third kappa shape index (κ3) is 6.92. The van der Waals surface area contributed by atoms with Gasteiger partial charge in [0.1, 0.15) is 11.8 Å². The Kier molecular flexibility index (Phi) is 8.16. The lowest BCUT2D eigenvalue weighted by molar-refractivity contribution is -0.142. The van der Waals surface area contributed by atoms with Crippen LogP contribution in [0.15, 0.2) is 42.5 Å². The van der Waals surface area contributed by atoms with Gasteiger partial charge in [0.2, 0.25) is 5.91 Å². The lowest BCUT2D eigenvalue weighted by atomic mass is 10.1. The summed E-state index contributed by atoms with van der Waals surface area (Å²) in [5, 5.41) is 4.08. The number of nitrogens with one attached hydrogen (secondary N) is 1. The molecule has 0 saturated heterocycles. The number of benzene rings is 2. The van der Waals surface area contributed by atoms with Crippen LogP contribution >= 0.6 is 23.2 Å². The predicted octanol–water partition coefficient (Wildman–Crippen LogP) is 5.01. The summed E-state index contributed by atoms with van der Waals surface area (Å²) in [6.45, 7) is 9.22. The van der Waals surface area contributed by atoms with Crippen LogP contribution in [0.25, 0.3) is 0 Å². The van der Waals surface area contributed by atoms with Gasteiger partial charge in [-0.2, -0.15) is 0 Å². The van der Waals surface area contributed by atoms with Gasteiger partial charge in [0.25, 0.3) is 5.91 Å². The van der Waals surface area contributed by atoms with Crippen LogP contribution in [0.3, 0.4) is 0 Å². The van der Waals surface area contributed by atoms with E-state index in [9.17, 15) is 9.59 Å². The molecule has 0 fully saturated rings. The summed E-state index contributed by atoms with van der Waals surface area (Å²) >= 11 is 12.3. The summed E-state index contributed by atoms with van der Waals surface area (Å²) in [5.41, 5.74) is 1.19. The Morgan fingerprint density at radius 3 is 2.37 bits per heavy atom.